The van der Waals surface area contributed by atoms with Crippen molar-refractivity contribution in [3.8, 4) is 0 Å². The summed E-state index contributed by atoms with van der Waals surface area (Å²) >= 11 is 0. The Morgan fingerprint density at radius 1 is 1.26 bits per heavy atom. The van der Waals surface area contributed by atoms with Crippen LogP contribution in [0.4, 0.5) is 0 Å². The third-order valence-electron chi connectivity index (χ3n) is 4.59. The number of aromatic nitrogens is 2. The second-order valence-corrected chi connectivity index (χ2v) is 6.31. The number of nitrogens with one attached hydrogen (secondary N) is 1. The van der Waals surface area contributed by atoms with Crippen LogP contribution in [0.5, 0.6) is 0 Å². The van der Waals surface area contributed by atoms with Crippen LogP contribution >= 0.6 is 0 Å². The molecule has 0 bridgehead atoms. The van der Waals surface area contributed by atoms with Gasteiger partial charge in [0.25, 0.3) is 0 Å². The van der Waals surface area contributed by atoms with Crippen LogP contribution in [0.15, 0.2) is 12.5 Å². The lowest BCUT2D eigenvalue weighted by atomic mass is 9.81. The highest BCUT2D eigenvalue weighted by Crippen LogP contribution is 2.30. The average molecular weight is 263 g/mol. The predicted molar refractivity (Wildman–Crippen MR) is 80.1 cm³/mol. The molecule has 1 saturated carbocycles. The lowest BCUT2D eigenvalue weighted by Gasteiger charge is -2.28. The Labute approximate surface area is 117 Å². The van der Waals surface area contributed by atoms with Crippen molar-refractivity contribution in [3.05, 3.63) is 18.2 Å². The van der Waals surface area contributed by atoms with E-state index in [0.29, 0.717) is 6.04 Å². The molecule has 1 aliphatic carbocycles. The van der Waals surface area contributed by atoms with Gasteiger partial charge in [0, 0.05) is 18.8 Å². The summed E-state index contributed by atoms with van der Waals surface area (Å²) in [4.78, 5) is 4.25. The monoisotopic (exact) mass is 263 g/mol. The van der Waals surface area contributed by atoms with Gasteiger partial charge in [0.1, 0.15) is 0 Å². The fraction of sp³-hybridized carbons (Fsp3) is 0.812. The van der Waals surface area contributed by atoms with Crippen molar-refractivity contribution < 1.29 is 0 Å². The summed E-state index contributed by atoms with van der Waals surface area (Å²) in [5, 5.41) is 3.62. The predicted octanol–water partition coefficient (Wildman–Crippen LogP) is 3.77. The second kappa shape index (κ2) is 7.09. The molecule has 108 valence electrons. The summed E-state index contributed by atoms with van der Waals surface area (Å²) in [7, 11) is 0. The van der Waals surface area contributed by atoms with E-state index in [2.05, 4.69) is 35.6 Å². The van der Waals surface area contributed by atoms with Crippen molar-refractivity contribution in [2.24, 2.45) is 11.8 Å². The van der Waals surface area contributed by atoms with Gasteiger partial charge in [0.15, 0.2) is 0 Å². The molecular weight excluding hydrogens is 234 g/mol. The van der Waals surface area contributed by atoms with Gasteiger partial charge in [0.05, 0.1) is 12.0 Å². The summed E-state index contributed by atoms with van der Waals surface area (Å²) in [6.07, 6.45) is 11.0. The number of rotatable bonds is 6. The van der Waals surface area contributed by atoms with Gasteiger partial charge in [-0.25, -0.2) is 4.98 Å². The highest BCUT2D eigenvalue weighted by atomic mass is 15.1. The Morgan fingerprint density at radius 2 is 1.95 bits per heavy atom. The minimum Gasteiger partial charge on any atom is -0.331 e. The molecule has 0 radical (unpaired) electrons. The van der Waals surface area contributed by atoms with Crippen LogP contribution < -0.4 is 5.32 Å². The first-order valence-electron chi connectivity index (χ1n) is 7.92. The number of nitrogens with zero attached hydrogens (tertiary/aromatic N) is 2. The van der Waals surface area contributed by atoms with E-state index in [4.69, 9.17) is 0 Å². The molecule has 3 heteroatoms. The molecular formula is C16H29N3. The summed E-state index contributed by atoms with van der Waals surface area (Å²) < 4.78 is 2.25. The first kappa shape index (κ1) is 14.6. The quantitative estimate of drug-likeness (QED) is 0.846. The van der Waals surface area contributed by atoms with Gasteiger partial charge in [-0.2, -0.15) is 0 Å². The molecule has 1 fully saturated rings. The Hall–Kier alpha value is -0.830. The summed E-state index contributed by atoms with van der Waals surface area (Å²) in [6, 6.07) is 0.499. The van der Waals surface area contributed by atoms with Crippen molar-refractivity contribution in [1.82, 2.24) is 14.9 Å². The Bertz CT molecular complexity index is 362. The van der Waals surface area contributed by atoms with Gasteiger partial charge in [-0.15, -0.1) is 0 Å². The highest BCUT2D eigenvalue weighted by Gasteiger charge is 2.19. The van der Waals surface area contributed by atoms with E-state index in [1.807, 2.05) is 12.5 Å². The zero-order valence-electron chi connectivity index (χ0n) is 12.7. The lowest BCUT2D eigenvalue weighted by molar-refractivity contribution is 0.262. The molecule has 0 aromatic carbocycles. The smallest absolute Gasteiger partial charge is 0.0951 e. The average Bonchev–Trinajstić information content (AvgIpc) is 2.88. The van der Waals surface area contributed by atoms with Crippen molar-refractivity contribution in [2.75, 3.05) is 6.54 Å². The molecule has 0 saturated heterocycles. The maximum Gasteiger partial charge on any atom is 0.0951 e. The van der Waals surface area contributed by atoms with Gasteiger partial charge in [0.2, 0.25) is 0 Å². The van der Waals surface area contributed by atoms with E-state index in [1.54, 1.807) is 0 Å². The molecule has 1 N–H and O–H groups in total. The standard InChI is InChI=1S/C16H29N3/c1-4-14-5-7-15(8-6-14)9-17-10-16-11-18-12-19(16)13(2)3/h11-15,17H,4-10H2,1-3H3. The Balaban J connectivity index is 1.71. The molecule has 1 aromatic rings. The SMILES string of the molecule is CCC1CCC(CNCc2cncn2C(C)C)CC1. The topological polar surface area (TPSA) is 29.9 Å². The fourth-order valence-electron chi connectivity index (χ4n) is 3.18. The summed E-state index contributed by atoms with van der Waals surface area (Å²) in [6.45, 7) is 8.86. The van der Waals surface area contributed by atoms with Crippen molar-refractivity contribution >= 4 is 0 Å². The molecule has 1 aromatic heterocycles. The van der Waals surface area contributed by atoms with Crippen LogP contribution in [-0.4, -0.2) is 16.1 Å². The van der Waals surface area contributed by atoms with Crippen LogP contribution in [0.2, 0.25) is 0 Å². The van der Waals surface area contributed by atoms with Gasteiger partial charge in [-0.1, -0.05) is 26.2 Å². The van der Waals surface area contributed by atoms with E-state index in [0.717, 1.165) is 18.4 Å². The molecule has 0 aliphatic heterocycles. The van der Waals surface area contributed by atoms with Crippen LogP contribution in [0, 0.1) is 11.8 Å². The normalized spacial score (nSPS) is 24.0. The van der Waals surface area contributed by atoms with Crippen LogP contribution in [0.25, 0.3) is 0 Å². The molecule has 1 heterocycles. The van der Waals surface area contributed by atoms with E-state index < -0.39 is 0 Å². The van der Waals surface area contributed by atoms with Gasteiger partial charge < -0.3 is 9.88 Å². The van der Waals surface area contributed by atoms with Gasteiger partial charge in [-0.3, -0.25) is 0 Å². The summed E-state index contributed by atoms with van der Waals surface area (Å²) in [5.74, 6) is 1.89. The molecule has 19 heavy (non-hydrogen) atoms. The zero-order valence-corrected chi connectivity index (χ0v) is 12.7. The van der Waals surface area contributed by atoms with Crippen LogP contribution in [0.1, 0.15) is 64.6 Å². The molecule has 1 aliphatic rings. The van der Waals surface area contributed by atoms with Crippen molar-refractivity contribution in [2.45, 2.75) is 65.5 Å². The number of hydrogen-bond acceptors (Lipinski definition) is 2. The molecule has 3 nitrogen and oxygen atoms in total. The summed E-state index contributed by atoms with van der Waals surface area (Å²) in [5.41, 5.74) is 1.30. The molecule has 0 unspecified atom stereocenters. The second-order valence-electron chi connectivity index (χ2n) is 6.31. The molecule has 0 atom stereocenters. The first-order chi connectivity index (χ1) is 9.20. The lowest BCUT2D eigenvalue weighted by Crippen LogP contribution is -2.27. The number of imidazole rings is 1. The zero-order chi connectivity index (χ0) is 13.7. The largest absolute Gasteiger partial charge is 0.331 e. The van der Waals surface area contributed by atoms with Gasteiger partial charge >= 0.3 is 0 Å². The van der Waals surface area contributed by atoms with Crippen LogP contribution in [0.3, 0.4) is 0 Å². The Morgan fingerprint density at radius 3 is 2.58 bits per heavy atom. The van der Waals surface area contributed by atoms with Crippen molar-refractivity contribution in [1.29, 1.82) is 0 Å². The third kappa shape index (κ3) is 4.07. The first-order valence-corrected chi connectivity index (χ1v) is 7.92. The van der Waals surface area contributed by atoms with Crippen LogP contribution in [-0.2, 0) is 6.54 Å². The van der Waals surface area contributed by atoms with E-state index in [9.17, 15) is 0 Å². The highest BCUT2D eigenvalue weighted by molar-refractivity contribution is 4.99. The van der Waals surface area contributed by atoms with E-state index >= 15 is 0 Å². The molecule has 2 rings (SSSR count). The Kier molecular flexibility index (Phi) is 5.44. The minimum atomic E-state index is 0.499. The molecule has 0 amide bonds. The number of hydrogen-bond donors (Lipinski definition) is 1. The molecule has 0 spiro atoms. The van der Waals surface area contributed by atoms with Crippen molar-refractivity contribution in [3.63, 3.8) is 0 Å². The fourth-order valence-corrected chi connectivity index (χ4v) is 3.18. The van der Waals surface area contributed by atoms with E-state index in [-0.39, 0.29) is 0 Å². The maximum atomic E-state index is 4.25. The van der Waals surface area contributed by atoms with Gasteiger partial charge in [-0.05, 0) is 45.1 Å². The minimum absolute atomic E-state index is 0.499. The third-order valence-corrected chi connectivity index (χ3v) is 4.59. The van der Waals surface area contributed by atoms with E-state index in [1.165, 1.54) is 44.3 Å². The maximum absolute atomic E-state index is 4.25.